The quantitative estimate of drug-likeness (QED) is 0.474. The number of urea groups is 1. The second-order valence-electron chi connectivity index (χ2n) is 3.71. The number of carbonyl (C=O) groups is 1. The molecule has 6 nitrogen and oxygen atoms in total. The van der Waals surface area contributed by atoms with Crippen molar-refractivity contribution in [1.29, 1.82) is 0 Å². The lowest BCUT2D eigenvalue weighted by Gasteiger charge is -2.22. The average Bonchev–Trinajstić information content (AvgIpc) is 2.25. The number of amides is 2. The summed E-state index contributed by atoms with van der Waals surface area (Å²) >= 11 is 0. The van der Waals surface area contributed by atoms with E-state index in [-0.39, 0.29) is 18.4 Å². The maximum absolute atomic E-state index is 11.2. The van der Waals surface area contributed by atoms with Crippen LogP contribution >= 0.6 is 0 Å². The van der Waals surface area contributed by atoms with Crippen molar-refractivity contribution in [3.63, 3.8) is 0 Å². The molecule has 0 aliphatic heterocycles. The van der Waals surface area contributed by atoms with E-state index >= 15 is 0 Å². The van der Waals surface area contributed by atoms with E-state index in [1.54, 1.807) is 28.3 Å². The first-order chi connectivity index (χ1) is 7.52. The van der Waals surface area contributed by atoms with Gasteiger partial charge in [-0.25, -0.2) is 4.79 Å². The lowest BCUT2D eigenvalue weighted by Crippen LogP contribution is -2.44. The minimum Gasteiger partial charge on any atom is -0.354 e. The minimum absolute atomic E-state index is 0.0752. The first kappa shape index (κ1) is 15.2. The highest BCUT2D eigenvalue weighted by Gasteiger charge is 2.14. The predicted octanol–water partition coefficient (Wildman–Crippen LogP) is -0.145. The van der Waals surface area contributed by atoms with Gasteiger partial charge in [0.2, 0.25) is 0 Å². The lowest BCUT2D eigenvalue weighted by atomic mass is 10.3. The fourth-order valence-corrected chi connectivity index (χ4v) is 1.23. The molecule has 0 radical (unpaired) electrons. The fourth-order valence-electron chi connectivity index (χ4n) is 1.23. The van der Waals surface area contributed by atoms with Gasteiger partial charge in [-0.1, -0.05) is 0 Å². The molecule has 6 heteroatoms. The van der Waals surface area contributed by atoms with Crippen LogP contribution in [-0.2, 0) is 9.47 Å². The largest absolute Gasteiger partial charge is 0.354 e. The van der Waals surface area contributed by atoms with Crippen molar-refractivity contribution < 1.29 is 14.3 Å². The zero-order chi connectivity index (χ0) is 12.6. The van der Waals surface area contributed by atoms with Gasteiger partial charge in [0.1, 0.15) is 0 Å². The van der Waals surface area contributed by atoms with Crippen LogP contribution < -0.4 is 10.6 Å². The highest BCUT2D eigenvalue weighted by Crippen LogP contribution is 1.97. The van der Waals surface area contributed by atoms with Crippen LogP contribution in [0, 0.1) is 0 Å². The van der Waals surface area contributed by atoms with Gasteiger partial charge in [-0.05, 0) is 6.92 Å². The molecule has 1 unspecified atom stereocenters. The molecule has 0 saturated carbocycles. The van der Waals surface area contributed by atoms with Crippen LogP contribution in [0.4, 0.5) is 4.79 Å². The smallest absolute Gasteiger partial charge is 0.316 e. The van der Waals surface area contributed by atoms with Gasteiger partial charge in [-0.2, -0.15) is 0 Å². The molecule has 0 spiro atoms. The highest BCUT2D eigenvalue weighted by atomic mass is 16.7. The van der Waals surface area contributed by atoms with Crippen LogP contribution in [0.25, 0.3) is 0 Å². The molecule has 0 aliphatic rings. The summed E-state index contributed by atoms with van der Waals surface area (Å²) in [6.07, 6.45) is -0.274. The summed E-state index contributed by atoms with van der Waals surface area (Å²) in [5.74, 6) is 0. The van der Waals surface area contributed by atoms with E-state index in [1.165, 1.54) is 4.90 Å². The van der Waals surface area contributed by atoms with Gasteiger partial charge < -0.3 is 25.0 Å². The van der Waals surface area contributed by atoms with E-state index in [2.05, 4.69) is 10.6 Å². The van der Waals surface area contributed by atoms with Crippen molar-refractivity contribution in [3.05, 3.63) is 0 Å². The van der Waals surface area contributed by atoms with Crippen molar-refractivity contribution >= 4 is 6.03 Å². The maximum atomic E-state index is 11.2. The molecule has 2 amide bonds. The van der Waals surface area contributed by atoms with Gasteiger partial charge in [0.15, 0.2) is 6.29 Å². The lowest BCUT2D eigenvalue weighted by molar-refractivity contribution is -0.119. The van der Waals surface area contributed by atoms with Gasteiger partial charge in [-0.3, -0.25) is 0 Å². The molecule has 16 heavy (non-hydrogen) atoms. The van der Waals surface area contributed by atoms with E-state index in [0.717, 1.165) is 0 Å². The molecule has 0 saturated heterocycles. The molecular formula is C10H23N3O3. The normalized spacial score (nSPS) is 12.6. The van der Waals surface area contributed by atoms with Crippen LogP contribution in [0.5, 0.6) is 0 Å². The topological polar surface area (TPSA) is 62.8 Å². The second kappa shape index (κ2) is 8.32. The molecule has 0 aliphatic carbocycles. The van der Waals surface area contributed by atoms with Crippen LogP contribution in [0.1, 0.15) is 6.92 Å². The molecule has 0 rings (SSSR count). The van der Waals surface area contributed by atoms with Gasteiger partial charge in [0, 0.05) is 41.4 Å². The molecule has 0 bridgehead atoms. The number of hydrogen-bond donors (Lipinski definition) is 2. The van der Waals surface area contributed by atoms with Crippen molar-refractivity contribution in [3.8, 4) is 0 Å². The predicted molar refractivity (Wildman–Crippen MR) is 62.4 cm³/mol. The Labute approximate surface area is 97.3 Å². The first-order valence-corrected chi connectivity index (χ1v) is 5.27. The molecule has 1 atom stereocenters. The SMILES string of the molecule is COC(OC)C(C)NCCNC(=O)N(C)C. The Balaban J connectivity index is 3.62. The van der Waals surface area contributed by atoms with Gasteiger partial charge in [0.05, 0.1) is 6.04 Å². The first-order valence-electron chi connectivity index (χ1n) is 5.27. The van der Waals surface area contributed by atoms with Crippen molar-refractivity contribution in [2.24, 2.45) is 0 Å². The zero-order valence-electron chi connectivity index (χ0n) is 10.7. The third-order valence-corrected chi connectivity index (χ3v) is 2.15. The standard InChI is InChI=1S/C10H23N3O3/c1-8(9(15-4)16-5)11-6-7-12-10(14)13(2)3/h8-9,11H,6-7H2,1-5H3,(H,12,14). The summed E-state index contributed by atoms with van der Waals surface area (Å²) in [5.41, 5.74) is 0. The Bertz CT molecular complexity index is 196. The molecular weight excluding hydrogens is 210 g/mol. The van der Waals surface area contributed by atoms with Gasteiger partial charge in [0.25, 0.3) is 0 Å². The Morgan fingerprint density at radius 3 is 2.25 bits per heavy atom. The van der Waals surface area contributed by atoms with E-state index < -0.39 is 0 Å². The third-order valence-electron chi connectivity index (χ3n) is 2.15. The van der Waals surface area contributed by atoms with Gasteiger partial charge in [-0.15, -0.1) is 0 Å². The number of nitrogens with one attached hydrogen (secondary N) is 2. The Morgan fingerprint density at radius 1 is 1.25 bits per heavy atom. The molecule has 0 aromatic heterocycles. The summed E-state index contributed by atoms with van der Waals surface area (Å²) in [6, 6.07) is -0.0178. The Hall–Kier alpha value is -0.850. The molecule has 0 fully saturated rings. The van der Waals surface area contributed by atoms with E-state index in [0.29, 0.717) is 13.1 Å². The summed E-state index contributed by atoms with van der Waals surface area (Å²) in [7, 11) is 6.61. The number of ether oxygens (including phenoxy) is 2. The van der Waals surface area contributed by atoms with Crippen molar-refractivity contribution in [1.82, 2.24) is 15.5 Å². The second-order valence-corrected chi connectivity index (χ2v) is 3.71. The molecule has 0 aromatic carbocycles. The van der Waals surface area contributed by atoms with Crippen molar-refractivity contribution in [2.75, 3.05) is 41.4 Å². The molecule has 0 heterocycles. The summed E-state index contributed by atoms with van der Waals surface area (Å²) in [4.78, 5) is 12.7. The Kier molecular flexibility index (Phi) is 7.88. The van der Waals surface area contributed by atoms with Crippen LogP contribution in [-0.4, -0.2) is 64.7 Å². The zero-order valence-corrected chi connectivity index (χ0v) is 10.7. The molecule has 2 N–H and O–H groups in total. The number of rotatable bonds is 7. The Morgan fingerprint density at radius 2 is 1.81 bits per heavy atom. The maximum Gasteiger partial charge on any atom is 0.316 e. The number of nitrogens with zero attached hydrogens (tertiary/aromatic N) is 1. The summed E-state index contributed by atoms with van der Waals surface area (Å²) in [5, 5.41) is 5.95. The highest BCUT2D eigenvalue weighted by molar-refractivity contribution is 5.73. The number of carbonyl (C=O) groups excluding carboxylic acids is 1. The van der Waals surface area contributed by atoms with Crippen molar-refractivity contribution in [2.45, 2.75) is 19.3 Å². The van der Waals surface area contributed by atoms with E-state index in [1.807, 2.05) is 6.92 Å². The monoisotopic (exact) mass is 233 g/mol. The van der Waals surface area contributed by atoms with Gasteiger partial charge >= 0.3 is 6.03 Å². The van der Waals surface area contributed by atoms with E-state index in [4.69, 9.17) is 9.47 Å². The molecule has 0 aromatic rings. The van der Waals surface area contributed by atoms with Crippen LogP contribution in [0.15, 0.2) is 0 Å². The summed E-state index contributed by atoms with van der Waals surface area (Å²) < 4.78 is 10.2. The molecule has 96 valence electrons. The van der Waals surface area contributed by atoms with Crippen LogP contribution in [0.2, 0.25) is 0 Å². The fraction of sp³-hybridized carbons (Fsp3) is 0.900. The number of hydrogen-bond acceptors (Lipinski definition) is 4. The third kappa shape index (κ3) is 5.89. The summed E-state index contributed by atoms with van der Waals surface area (Å²) in [6.45, 7) is 3.21. The van der Waals surface area contributed by atoms with E-state index in [9.17, 15) is 4.79 Å². The minimum atomic E-state index is -0.274. The number of methoxy groups -OCH3 is 2. The van der Waals surface area contributed by atoms with Crippen LogP contribution in [0.3, 0.4) is 0 Å². The average molecular weight is 233 g/mol.